The molecule has 1 nitrogen and oxygen atoms in total. The van der Waals surface area contributed by atoms with Crippen LogP contribution in [0.4, 0.5) is 0 Å². The number of halogens is 2. The van der Waals surface area contributed by atoms with Crippen LogP contribution in [0.1, 0.15) is 24.0 Å². The second kappa shape index (κ2) is 7.19. The summed E-state index contributed by atoms with van der Waals surface area (Å²) >= 11 is 11.7. The Labute approximate surface area is 143 Å². The van der Waals surface area contributed by atoms with Crippen LogP contribution in [-0.4, -0.2) is 6.04 Å². The molecule has 1 N–H and O–H groups in total. The van der Waals surface area contributed by atoms with Gasteiger partial charge in [-0.15, -0.1) is 11.8 Å². The fourth-order valence-corrected chi connectivity index (χ4v) is 3.97. The van der Waals surface area contributed by atoms with E-state index in [9.17, 15) is 0 Å². The topological polar surface area (TPSA) is 12.0 Å². The fourth-order valence-electron chi connectivity index (χ4n) is 2.08. The summed E-state index contributed by atoms with van der Waals surface area (Å²) in [6.07, 6.45) is 2.65. The Morgan fingerprint density at radius 3 is 2.67 bits per heavy atom. The van der Waals surface area contributed by atoms with Crippen LogP contribution < -0.4 is 5.32 Å². The summed E-state index contributed by atoms with van der Waals surface area (Å²) in [6.45, 7) is 0.945. The normalized spacial score (nSPS) is 14.4. The zero-order chi connectivity index (χ0) is 14.7. The molecule has 2 aromatic rings. The zero-order valence-electron chi connectivity index (χ0n) is 11.6. The number of thioether (sulfide) groups is 1. The van der Waals surface area contributed by atoms with E-state index >= 15 is 0 Å². The smallest absolute Gasteiger partial charge is 0.0446 e. The van der Waals surface area contributed by atoms with E-state index in [-0.39, 0.29) is 0 Å². The molecule has 0 saturated heterocycles. The van der Waals surface area contributed by atoms with Gasteiger partial charge in [0.25, 0.3) is 0 Å². The van der Waals surface area contributed by atoms with Crippen LogP contribution in [0.5, 0.6) is 0 Å². The van der Waals surface area contributed by atoms with Crippen molar-refractivity contribution in [2.24, 2.45) is 0 Å². The molecular formula is C17H17BrClNS. The van der Waals surface area contributed by atoms with E-state index in [1.165, 1.54) is 33.3 Å². The van der Waals surface area contributed by atoms with Gasteiger partial charge in [0, 0.05) is 32.7 Å². The molecule has 3 rings (SSSR count). The highest BCUT2D eigenvalue weighted by atomic mass is 79.9. The minimum Gasteiger partial charge on any atom is -0.310 e. The lowest BCUT2D eigenvalue weighted by Crippen LogP contribution is -2.15. The molecule has 0 bridgehead atoms. The summed E-state index contributed by atoms with van der Waals surface area (Å²) in [7, 11) is 0. The Morgan fingerprint density at radius 2 is 1.95 bits per heavy atom. The van der Waals surface area contributed by atoms with Crippen LogP contribution in [0.25, 0.3) is 0 Å². The number of rotatable bonds is 6. The molecule has 1 aliphatic rings. The quantitative estimate of drug-likeness (QED) is 0.648. The molecule has 2 aromatic carbocycles. The lowest BCUT2D eigenvalue weighted by Gasteiger charge is -2.09. The lowest BCUT2D eigenvalue weighted by atomic mass is 10.2. The Kier molecular flexibility index (Phi) is 5.28. The number of hydrogen-bond acceptors (Lipinski definition) is 2. The molecule has 110 valence electrons. The van der Waals surface area contributed by atoms with Crippen molar-refractivity contribution in [3.63, 3.8) is 0 Å². The molecule has 1 saturated carbocycles. The Balaban J connectivity index is 1.60. The van der Waals surface area contributed by atoms with Gasteiger partial charge in [-0.3, -0.25) is 0 Å². The Bertz CT molecular complexity index is 628. The third kappa shape index (κ3) is 4.49. The van der Waals surface area contributed by atoms with Crippen molar-refractivity contribution >= 4 is 39.3 Å². The number of nitrogens with one attached hydrogen (secondary N) is 1. The average Bonchev–Trinajstić information content (AvgIpc) is 3.30. The van der Waals surface area contributed by atoms with Gasteiger partial charge >= 0.3 is 0 Å². The van der Waals surface area contributed by atoms with Crippen LogP contribution in [0.2, 0.25) is 5.02 Å². The van der Waals surface area contributed by atoms with Crippen molar-refractivity contribution in [3.05, 3.63) is 63.1 Å². The van der Waals surface area contributed by atoms with E-state index in [4.69, 9.17) is 11.6 Å². The van der Waals surface area contributed by atoms with Gasteiger partial charge in [-0.2, -0.15) is 0 Å². The summed E-state index contributed by atoms with van der Waals surface area (Å²) in [4.78, 5) is 1.26. The van der Waals surface area contributed by atoms with Crippen LogP contribution in [0.3, 0.4) is 0 Å². The molecule has 0 unspecified atom stereocenters. The molecule has 0 aromatic heterocycles. The van der Waals surface area contributed by atoms with Gasteiger partial charge in [0.1, 0.15) is 0 Å². The summed E-state index contributed by atoms with van der Waals surface area (Å²) in [5.74, 6) is 0.895. The van der Waals surface area contributed by atoms with Gasteiger partial charge in [-0.1, -0.05) is 51.8 Å². The molecular weight excluding hydrogens is 366 g/mol. The number of hydrogen-bond donors (Lipinski definition) is 1. The van der Waals surface area contributed by atoms with Crippen molar-refractivity contribution in [2.45, 2.75) is 36.1 Å². The maximum absolute atomic E-state index is 6.19. The maximum atomic E-state index is 6.19. The van der Waals surface area contributed by atoms with Crippen LogP contribution in [-0.2, 0) is 12.3 Å². The summed E-state index contributed by atoms with van der Waals surface area (Å²) in [5.41, 5.74) is 2.50. The maximum Gasteiger partial charge on any atom is 0.0446 e. The Hall–Kier alpha value is -0.480. The molecule has 0 aliphatic heterocycles. The highest BCUT2D eigenvalue weighted by Gasteiger charge is 2.20. The van der Waals surface area contributed by atoms with Crippen molar-refractivity contribution in [1.29, 1.82) is 0 Å². The first kappa shape index (κ1) is 15.4. The second-order valence-electron chi connectivity index (χ2n) is 5.29. The third-order valence-electron chi connectivity index (χ3n) is 3.54. The first-order valence-corrected chi connectivity index (χ1v) is 9.26. The van der Waals surface area contributed by atoms with Crippen molar-refractivity contribution in [2.75, 3.05) is 0 Å². The highest BCUT2D eigenvalue weighted by molar-refractivity contribution is 9.10. The molecule has 21 heavy (non-hydrogen) atoms. The monoisotopic (exact) mass is 381 g/mol. The third-order valence-corrected chi connectivity index (χ3v) is 5.68. The van der Waals surface area contributed by atoms with Gasteiger partial charge in [0.2, 0.25) is 0 Å². The van der Waals surface area contributed by atoms with Crippen LogP contribution in [0, 0.1) is 0 Å². The molecule has 0 radical (unpaired) electrons. The fraction of sp³-hybridized carbons (Fsp3) is 0.294. The minimum atomic E-state index is 0.742. The molecule has 1 fully saturated rings. The standard InChI is InChI=1S/C17H17BrClNS/c18-16-9-15(8-5-12(16)10-20-14-6-7-14)21-11-13-3-1-2-4-17(13)19/h1-5,8-9,14,20H,6-7,10-11H2. The van der Waals surface area contributed by atoms with Crippen LogP contribution in [0.15, 0.2) is 51.8 Å². The number of benzene rings is 2. The van der Waals surface area contributed by atoms with E-state index in [0.29, 0.717) is 0 Å². The van der Waals surface area contributed by atoms with Gasteiger partial charge in [-0.05, 0) is 42.2 Å². The zero-order valence-corrected chi connectivity index (χ0v) is 14.8. The van der Waals surface area contributed by atoms with Crippen molar-refractivity contribution < 1.29 is 0 Å². The molecule has 0 atom stereocenters. The van der Waals surface area contributed by atoms with Gasteiger partial charge in [0.15, 0.2) is 0 Å². The van der Waals surface area contributed by atoms with E-state index in [1.54, 1.807) is 0 Å². The molecule has 0 spiro atoms. The summed E-state index contributed by atoms with van der Waals surface area (Å²) in [5, 5.41) is 4.39. The Morgan fingerprint density at radius 1 is 1.14 bits per heavy atom. The summed E-state index contributed by atoms with van der Waals surface area (Å²) < 4.78 is 1.18. The molecule has 0 heterocycles. The van der Waals surface area contributed by atoms with Crippen LogP contribution >= 0.6 is 39.3 Å². The van der Waals surface area contributed by atoms with Gasteiger partial charge < -0.3 is 5.32 Å². The minimum absolute atomic E-state index is 0.742. The molecule has 1 aliphatic carbocycles. The van der Waals surface area contributed by atoms with Crippen molar-refractivity contribution in [1.82, 2.24) is 5.32 Å². The van der Waals surface area contributed by atoms with Gasteiger partial charge in [-0.25, -0.2) is 0 Å². The molecule has 0 amide bonds. The summed E-state index contributed by atoms with van der Waals surface area (Å²) in [6, 6.07) is 15.4. The van der Waals surface area contributed by atoms with Crippen molar-refractivity contribution in [3.8, 4) is 0 Å². The van der Waals surface area contributed by atoms with Gasteiger partial charge in [0.05, 0.1) is 0 Å². The molecule has 4 heteroatoms. The highest BCUT2D eigenvalue weighted by Crippen LogP contribution is 2.30. The first-order chi connectivity index (χ1) is 10.2. The van der Waals surface area contributed by atoms with E-state index in [0.717, 1.165) is 23.4 Å². The van der Waals surface area contributed by atoms with E-state index in [2.05, 4.69) is 45.5 Å². The predicted octanol–water partition coefficient (Wildman–Crippen LogP) is 5.65. The second-order valence-corrected chi connectivity index (χ2v) is 7.60. The SMILES string of the molecule is Clc1ccccc1CSc1ccc(CNC2CC2)c(Br)c1. The first-order valence-electron chi connectivity index (χ1n) is 7.10. The lowest BCUT2D eigenvalue weighted by molar-refractivity contribution is 0.685. The average molecular weight is 383 g/mol. The van der Waals surface area contributed by atoms with E-state index in [1.807, 2.05) is 30.0 Å². The van der Waals surface area contributed by atoms with E-state index < -0.39 is 0 Å². The predicted molar refractivity (Wildman–Crippen MR) is 95.0 cm³/mol. The largest absolute Gasteiger partial charge is 0.310 e.